The third kappa shape index (κ3) is 7.24. The number of rotatable bonds is 9. The van der Waals surface area contributed by atoms with E-state index in [9.17, 15) is 28.3 Å². The molecule has 1 heterocycles. The van der Waals surface area contributed by atoms with Gasteiger partial charge in [-0.15, -0.1) is 0 Å². The molecule has 0 saturated carbocycles. The molecule has 0 unspecified atom stereocenters. The van der Waals surface area contributed by atoms with Gasteiger partial charge in [-0.2, -0.15) is 8.78 Å². The number of piperidine rings is 1. The number of hydrogen-bond acceptors (Lipinski definition) is 5. The summed E-state index contributed by atoms with van der Waals surface area (Å²) in [5.74, 6) is -1.40. The van der Waals surface area contributed by atoms with Crippen molar-refractivity contribution in [1.29, 1.82) is 0 Å². The highest BCUT2D eigenvalue weighted by Gasteiger charge is 2.44. The molecule has 184 valence electrons. The van der Waals surface area contributed by atoms with Crippen molar-refractivity contribution in [2.75, 3.05) is 26.7 Å². The van der Waals surface area contributed by atoms with Gasteiger partial charge in [-0.05, 0) is 43.9 Å². The van der Waals surface area contributed by atoms with Crippen molar-refractivity contribution in [2.24, 2.45) is 5.73 Å². The number of hydrogen-bond donors (Lipinski definition) is 3. The number of carbonyl (C=O) groups excluding carboxylic acids is 2. The molecule has 1 aromatic rings. The molecule has 0 bridgehead atoms. The number of nitrogens with two attached hydrogens (primary N) is 1. The number of nitrogens with one attached hydrogen (secondary N) is 1. The lowest BCUT2D eigenvalue weighted by molar-refractivity contribution is -0.156. The molecule has 3 atom stereocenters. The molecule has 1 saturated heterocycles. The molecule has 12 heteroatoms. The molecule has 4 N–H and O–H groups in total. The van der Waals surface area contributed by atoms with E-state index in [1.807, 2.05) is 0 Å². The summed E-state index contributed by atoms with van der Waals surface area (Å²) < 4.78 is 29.7. The average Bonchev–Trinajstić information content (AvgIpc) is 2.76. The highest BCUT2D eigenvalue weighted by molar-refractivity contribution is 6.30. The van der Waals surface area contributed by atoms with Gasteiger partial charge in [0.25, 0.3) is 0 Å². The highest BCUT2D eigenvalue weighted by Crippen LogP contribution is 2.32. The molecule has 0 aliphatic carbocycles. The van der Waals surface area contributed by atoms with E-state index in [1.54, 1.807) is 24.3 Å². The first-order valence-electron chi connectivity index (χ1n) is 10.4. The summed E-state index contributed by atoms with van der Waals surface area (Å²) in [4.78, 5) is 39.7. The fourth-order valence-corrected chi connectivity index (χ4v) is 4.03. The van der Waals surface area contributed by atoms with Gasteiger partial charge in [0.05, 0.1) is 18.2 Å². The van der Waals surface area contributed by atoms with Crippen molar-refractivity contribution in [3.05, 3.63) is 34.9 Å². The van der Waals surface area contributed by atoms with Crippen LogP contribution in [0, 0.1) is 0 Å². The number of carboxylic acid groups (broad SMARTS) is 1. The summed E-state index contributed by atoms with van der Waals surface area (Å²) in [6, 6.07) is 4.52. The number of likely N-dealkylation sites (tertiary alicyclic amines) is 1. The summed E-state index contributed by atoms with van der Waals surface area (Å²) in [7, 11) is 1.47. The van der Waals surface area contributed by atoms with Gasteiger partial charge in [0.2, 0.25) is 11.8 Å². The van der Waals surface area contributed by atoms with Crippen LogP contribution in [0.3, 0.4) is 0 Å². The molecule has 1 fully saturated rings. The lowest BCUT2D eigenvalue weighted by Crippen LogP contribution is -2.64. The zero-order chi connectivity index (χ0) is 24.8. The third-order valence-electron chi connectivity index (χ3n) is 5.73. The van der Waals surface area contributed by atoms with E-state index < -0.39 is 48.7 Å². The lowest BCUT2D eigenvalue weighted by Gasteiger charge is -2.48. The van der Waals surface area contributed by atoms with Gasteiger partial charge in [0, 0.05) is 25.2 Å². The Morgan fingerprint density at radius 3 is 2.52 bits per heavy atom. The number of benzene rings is 1. The largest absolute Gasteiger partial charge is 0.465 e. The smallest absolute Gasteiger partial charge is 0.407 e. The van der Waals surface area contributed by atoms with Gasteiger partial charge in [-0.25, -0.2) is 4.79 Å². The summed E-state index contributed by atoms with van der Waals surface area (Å²) in [5, 5.41) is 12.4. The van der Waals surface area contributed by atoms with Crippen LogP contribution in [0.4, 0.5) is 13.6 Å². The number of ether oxygens (including phenoxy) is 1. The van der Waals surface area contributed by atoms with Crippen LogP contribution >= 0.6 is 11.6 Å². The third-order valence-corrected chi connectivity index (χ3v) is 5.98. The summed E-state index contributed by atoms with van der Waals surface area (Å²) in [6.07, 6.45) is 0.117. The number of likely N-dealkylation sites (N-methyl/N-ethyl adjacent to an activating group) is 1. The zero-order valence-electron chi connectivity index (χ0n) is 18.5. The topological polar surface area (TPSA) is 125 Å². The SMILES string of the molecule is C[C@H](N)C(=O)N[C@@H](COC(F)F)C(=O)N(C)[C@@]1(Cc2ccc(Cl)cc2)CCCN(C(=O)O)C1. The zero-order valence-corrected chi connectivity index (χ0v) is 19.2. The van der Waals surface area contributed by atoms with Crippen LogP contribution in [-0.4, -0.2) is 83.8 Å². The van der Waals surface area contributed by atoms with Gasteiger partial charge in [0.15, 0.2) is 0 Å². The maximum Gasteiger partial charge on any atom is 0.407 e. The predicted octanol–water partition coefficient (Wildman–Crippen LogP) is 1.92. The van der Waals surface area contributed by atoms with Crippen LogP contribution in [0.2, 0.25) is 5.02 Å². The maximum absolute atomic E-state index is 13.4. The van der Waals surface area contributed by atoms with Crippen LogP contribution in [0.25, 0.3) is 0 Å². The molecular weight excluding hydrogens is 462 g/mol. The predicted molar refractivity (Wildman–Crippen MR) is 117 cm³/mol. The molecular formula is C21H29ClF2N4O5. The first-order valence-corrected chi connectivity index (χ1v) is 10.8. The van der Waals surface area contributed by atoms with E-state index in [2.05, 4.69) is 10.1 Å². The van der Waals surface area contributed by atoms with E-state index in [4.69, 9.17) is 17.3 Å². The molecule has 3 amide bonds. The number of alkyl halides is 2. The van der Waals surface area contributed by atoms with Crippen molar-refractivity contribution in [2.45, 2.75) is 50.4 Å². The van der Waals surface area contributed by atoms with Crippen molar-refractivity contribution in [3.63, 3.8) is 0 Å². The van der Waals surface area contributed by atoms with E-state index in [0.29, 0.717) is 30.8 Å². The molecule has 1 aromatic carbocycles. The first kappa shape index (κ1) is 26.7. The number of nitrogens with zero attached hydrogens (tertiary/aromatic N) is 2. The van der Waals surface area contributed by atoms with Crippen molar-refractivity contribution < 1.29 is 33.0 Å². The van der Waals surface area contributed by atoms with Gasteiger partial charge in [0.1, 0.15) is 6.04 Å². The van der Waals surface area contributed by atoms with Gasteiger partial charge in [-0.1, -0.05) is 23.7 Å². The molecule has 9 nitrogen and oxygen atoms in total. The molecule has 1 aliphatic rings. The Hall–Kier alpha value is -2.50. The van der Waals surface area contributed by atoms with E-state index in [0.717, 1.165) is 5.56 Å². The van der Waals surface area contributed by atoms with E-state index >= 15 is 0 Å². The van der Waals surface area contributed by atoms with Crippen molar-refractivity contribution in [3.8, 4) is 0 Å². The van der Waals surface area contributed by atoms with E-state index in [-0.39, 0.29) is 6.54 Å². The van der Waals surface area contributed by atoms with Crippen LogP contribution in [0.1, 0.15) is 25.3 Å². The first-order chi connectivity index (χ1) is 15.4. The Bertz CT molecular complexity index is 842. The summed E-state index contributed by atoms with van der Waals surface area (Å²) in [6.45, 7) is -2.20. The van der Waals surface area contributed by atoms with Crippen LogP contribution in [0.5, 0.6) is 0 Å². The minimum absolute atomic E-state index is 0.0108. The van der Waals surface area contributed by atoms with E-state index in [1.165, 1.54) is 23.8 Å². The molecule has 0 radical (unpaired) electrons. The minimum Gasteiger partial charge on any atom is -0.465 e. The second-order valence-corrected chi connectivity index (χ2v) is 8.61. The lowest BCUT2D eigenvalue weighted by atomic mass is 9.81. The normalized spacial score (nSPS) is 20.3. The fraction of sp³-hybridized carbons (Fsp3) is 0.571. The number of amides is 3. The second-order valence-electron chi connectivity index (χ2n) is 8.18. The monoisotopic (exact) mass is 490 g/mol. The minimum atomic E-state index is -3.14. The quantitative estimate of drug-likeness (QED) is 0.485. The molecule has 33 heavy (non-hydrogen) atoms. The number of carbonyl (C=O) groups is 3. The Balaban J connectivity index is 2.37. The van der Waals surface area contributed by atoms with Crippen LogP contribution in [0.15, 0.2) is 24.3 Å². The standard InChI is InChI=1S/C21H29ClF2N4O5/c1-13(25)17(29)26-16(11-33-19(23)24)18(30)27(2)21(8-3-9-28(12-21)20(31)32)10-14-4-6-15(22)7-5-14/h4-7,13,16,19H,3,8-12,25H2,1-2H3,(H,26,29)(H,31,32)/t13-,16-,21+/m0/s1. The maximum atomic E-state index is 13.4. The second kappa shape index (κ2) is 11.6. The molecule has 2 rings (SSSR count). The Morgan fingerprint density at radius 1 is 1.33 bits per heavy atom. The van der Waals surface area contributed by atoms with Crippen LogP contribution < -0.4 is 11.1 Å². The van der Waals surface area contributed by atoms with Gasteiger partial charge in [-0.3, -0.25) is 9.59 Å². The van der Waals surface area contributed by atoms with Gasteiger partial charge >= 0.3 is 12.7 Å². The van der Waals surface area contributed by atoms with Crippen LogP contribution in [-0.2, 0) is 20.7 Å². The highest BCUT2D eigenvalue weighted by atomic mass is 35.5. The molecule has 1 aliphatic heterocycles. The van der Waals surface area contributed by atoms with Gasteiger partial charge < -0.3 is 30.7 Å². The summed E-state index contributed by atoms with van der Waals surface area (Å²) in [5.41, 5.74) is 5.37. The average molecular weight is 491 g/mol. The van der Waals surface area contributed by atoms with Crippen molar-refractivity contribution >= 4 is 29.5 Å². The summed E-state index contributed by atoms with van der Waals surface area (Å²) >= 11 is 5.97. The van der Waals surface area contributed by atoms with Crippen molar-refractivity contribution in [1.82, 2.24) is 15.1 Å². The Kier molecular flexibility index (Phi) is 9.38. The Morgan fingerprint density at radius 2 is 1.97 bits per heavy atom. The number of halogens is 3. The molecule has 0 aromatic heterocycles. The molecule has 0 spiro atoms. The Labute approximate surface area is 195 Å². The fourth-order valence-electron chi connectivity index (χ4n) is 3.91.